The molecule has 0 fully saturated rings. The van der Waals surface area contributed by atoms with Crippen molar-refractivity contribution in [3.63, 3.8) is 0 Å². The van der Waals surface area contributed by atoms with Crippen molar-refractivity contribution in [2.75, 3.05) is 0 Å². The van der Waals surface area contributed by atoms with Crippen molar-refractivity contribution in [2.24, 2.45) is 5.73 Å². The molecule has 2 unspecified atom stereocenters. The Morgan fingerprint density at radius 2 is 2.29 bits per heavy atom. The van der Waals surface area contributed by atoms with E-state index in [0.717, 1.165) is 16.9 Å². The maximum atomic E-state index is 13.1. The second-order valence-corrected chi connectivity index (χ2v) is 5.28. The topological polar surface area (TPSA) is 26.0 Å². The number of hydrogen-bond donors (Lipinski definition) is 1. The molecule has 2 atom stereocenters. The van der Waals surface area contributed by atoms with Crippen LogP contribution < -0.4 is 5.73 Å². The van der Waals surface area contributed by atoms with Crippen LogP contribution in [0.3, 0.4) is 0 Å². The molecule has 1 nitrogen and oxygen atoms in total. The Labute approximate surface area is 91.8 Å². The van der Waals surface area contributed by atoms with Gasteiger partial charge in [-0.05, 0) is 23.3 Å². The van der Waals surface area contributed by atoms with Gasteiger partial charge in [-0.25, -0.2) is 4.39 Å². The van der Waals surface area contributed by atoms with Gasteiger partial charge in [0, 0.05) is 17.0 Å². The second-order valence-electron chi connectivity index (χ2n) is 3.51. The first-order valence-corrected chi connectivity index (χ1v) is 5.87. The van der Waals surface area contributed by atoms with Crippen LogP contribution in [-0.4, -0.2) is 5.25 Å². The molecule has 0 aromatic heterocycles. The van der Waals surface area contributed by atoms with Crippen LogP contribution in [0.2, 0.25) is 5.02 Å². The third-order valence-electron chi connectivity index (χ3n) is 2.55. The van der Waals surface area contributed by atoms with Crippen molar-refractivity contribution in [3.05, 3.63) is 34.1 Å². The highest BCUT2D eigenvalue weighted by molar-refractivity contribution is 7.99. The zero-order valence-electron chi connectivity index (χ0n) is 7.76. The van der Waals surface area contributed by atoms with Gasteiger partial charge in [0.1, 0.15) is 5.82 Å². The molecule has 1 aliphatic heterocycles. The van der Waals surface area contributed by atoms with Gasteiger partial charge in [-0.15, -0.1) is 0 Å². The summed E-state index contributed by atoms with van der Waals surface area (Å²) in [4.78, 5) is 0. The fraction of sp³-hybridized carbons (Fsp3) is 0.400. The Morgan fingerprint density at radius 3 is 3.00 bits per heavy atom. The second kappa shape index (κ2) is 3.72. The predicted molar refractivity (Wildman–Crippen MR) is 59.1 cm³/mol. The van der Waals surface area contributed by atoms with Crippen LogP contribution in [0.15, 0.2) is 12.1 Å². The normalized spacial score (nSPS) is 26.0. The molecule has 1 aliphatic rings. The number of benzene rings is 1. The molecule has 0 spiro atoms. The molecule has 1 aromatic carbocycles. The van der Waals surface area contributed by atoms with Gasteiger partial charge in [0.2, 0.25) is 0 Å². The first kappa shape index (κ1) is 10.3. The van der Waals surface area contributed by atoms with Crippen LogP contribution in [0.4, 0.5) is 4.39 Å². The highest BCUT2D eigenvalue weighted by atomic mass is 35.5. The van der Waals surface area contributed by atoms with Gasteiger partial charge in [0.05, 0.1) is 5.02 Å². The van der Waals surface area contributed by atoms with Crippen LogP contribution in [0, 0.1) is 5.82 Å². The minimum Gasteiger partial charge on any atom is -0.323 e. The van der Waals surface area contributed by atoms with Crippen LogP contribution in [0.5, 0.6) is 0 Å². The molecule has 0 bridgehead atoms. The fourth-order valence-corrected chi connectivity index (χ4v) is 2.83. The van der Waals surface area contributed by atoms with Gasteiger partial charge >= 0.3 is 0 Å². The van der Waals surface area contributed by atoms with E-state index in [1.807, 2.05) is 0 Å². The lowest BCUT2D eigenvalue weighted by atomic mass is 9.99. The number of hydrogen-bond acceptors (Lipinski definition) is 2. The molecule has 0 saturated heterocycles. The van der Waals surface area contributed by atoms with Crippen molar-refractivity contribution in [1.82, 2.24) is 0 Å². The smallest absolute Gasteiger partial charge is 0.142 e. The van der Waals surface area contributed by atoms with Gasteiger partial charge < -0.3 is 5.73 Å². The van der Waals surface area contributed by atoms with Gasteiger partial charge in [-0.1, -0.05) is 18.5 Å². The summed E-state index contributed by atoms with van der Waals surface area (Å²) in [6, 6.07) is 3.12. The predicted octanol–water partition coefficient (Wildman–Crippen LogP) is 3.11. The molecule has 0 radical (unpaired) electrons. The van der Waals surface area contributed by atoms with E-state index in [2.05, 4.69) is 6.92 Å². The average molecular weight is 232 g/mol. The molecule has 0 amide bonds. The van der Waals surface area contributed by atoms with Crippen molar-refractivity contribution in [3.8, 4) is 0 Å². The molecule has 76 valence electrons. The van der Waals surface area contributed by atoms with Crippen molar-refractivity contribution in [2.45, 2.75) is 24.0 Å². The minimum absolute atomic E-state index is 0.0400. The van der Waals surface area contributed by atoms with E-state index >= 15 is 0 Å². The molecule has 4 heteroatoms. The van der Waals surface area contributed by atoms with E-state index in [1.54, 1.807) is 17.8 Å². The maximum absolute atomic E-state index is 13.1. The van der Waals surface area contributed by atoms with E-state index < -0.39 is 0 Å². The van der Waals surface area contributed by atoms with Gasteiger partial charge in [-0.3, -0.25) is 0 Å². The quantitative estimate of drug-likeness (QED) is 0.743. The summed E-state index contributed by atoms with van der Waals surface area (Å²) in [5.41, 5.74) is 7.97. The van der Waals surface area contributed by atoms with Crippen molar-refractivity contribution < 1.29 is 4.39 Å². The summed E-state index contributed by atoms with van der Waals surface area (Å²) in [6.45, 7) is 2.08. The molecule has 2 N–H and O–H groups in total. The summed E-state index contributed by atoms with van der Waals surface area (Å²) in [7, 11) is 0. The summed E-state index contributed by atoms with van der Waals surface area (Å²) in [6.07, 6.45) is 0. The zero-order chi connectivity index (χ0) is 10.3. The lowest BCUT2D eigenvalue weighted by Gasteiger charge is -2.28. The Bertz CT molecular complexity index is 369. The average Bonchev–Trinajstić information content (AvgIpc) is 2.15. The minimum atomic E-state index is -0.354. The lowest BCUT2D eigenvalue weighted by molar-refractivity contribution is 0.620. The molecule has 14 heavy (non-hydrogen) atoms. The molecule has 1 aromatic rings. The molecule has 0 aliphatic carbocycles. The van der Waals surface area contributed by atoms with Crippen LogP contribution in [0.1, 0.15) is 24.1 Å². The molecule has 2 rings (SSSR count). The van der Waals surface area contributed by atoms with Gasteiger partial charge in [-0.2, -0.15) is 11.8 Å². The van der Waals surface area contributed by atoms with Crippen LogP contribution >= 0.6 is 23.4 Å². The third-order valence-corrected chi connectivity index (χ3v) is 4.14. The summed E-state index contributed by atoms with van der Waals surface area (Å²) in [5.74, 6) is 0.464. The summed E-state index contributed by atoms with van der Waals surface area (Å²) < 4.78 is 13.1. The summed E-state index contributed by atoms with van der Waals surface area (Å²) in [5, 5.41) is 0.530. The van der Waals surface area contributed by atoms with Crippen molar-refractivity contribution >= 4 is 23.4 Å². The summed E-state index contributed by atoms with van der Waals surface area (Å²) >= 11 is 7.47. The number of fused-ring (bicyclic) bond motifs is 1. The zero-order valence-corrected chi connectivity index (χ0v) is 9.33. The Morgan fingerprint density at radius 1 is 1.57 bits per heavy atom. The number of rotatable bonds is 0. The van der Waals surface area contributed by atoms with E-state index in [1.165, 1.54) is 6.07 Å². The first-order valence-electron chi connectivity index (χ1n) is 4.44. The van der Waals surface area contributed by atoms with Crippen LogP contribution in [-0.2, 0) is 5.75 Å². The SMILES string of the molecule is CC1SCc2cc(F)c(Cl)cc2C1N. The Kier molecular flexibility index (Phi) is 2.73. The third kappa shape index (κ3) is 1.64. The van der Waals surface area contributed by atoms with Crippen LogP contribution in [0.25, 0.3) is 0 Å². The molecular weight excluding hydrogens is 221 g/mol. The standard InChI is InChI=1S/C10H11ClFNS/c1-5-10(13)7-3-8(11)9(12)2-6(7)4-14-5/h2-3,5,10H,4,13H2,1H3. The number of halogens is 2. The molecular formula is C10H11ClFNS. The highest BCUT2D eigenvalue weighted by Gasteiger charge is 2.24. The largest absolute Gasteiger partial charge is 0.323 e. The number of nitrogens with two attached hydrogens (primary N) is 1. The fourth-order valence-electron chi connectivity index (χ4n) is 1.62. The van der Waals surface area contributed by atoms with E-state index in [4.69, 9.17) is 17.3 Å². The van der Waals surface area contributed by atoms with Gasteiger partial charge in [0.15, 0.2) is 0 Å². The monoisotopic (exact) mass is 231 g/mol. The van der Waals surface area contributed by atoms with E-state index in [0.29, 0.717) is 5.25 Å². The van der Waals surface area contributed by atoms with E-state index in [9.17, 15) is 4.39 Å². The molecule has 0 saturated carbocycles. The first-order chi connectivity index (χ1) is 6.59. The highest BCUT2D eigenvalue weighted by Crippen LogP contribution is 2.37. The van der Waals surface area contributed by atoms with Crippen molar-refractivity contribution in [1.29, 1.82) is 0 Å². The molecule has 1 heterocycles. The number of thioether (sulfide) groups is 1. The lowest BCUT2D eigenvalue weighted by Crippen LogP contribution is -2.26. The van der Waals surface area contributed by atoms with Gasteiger partial charge in [0.25, 0.3) is 0 Å². The Balaban J connectivity index is 2.50. The Hall–Kier alpha value is -0.250. The van der Waals surface area contributed by atoms with E-state index in [-0.39, 0.29) is 16.9 Å². The maximum Gasteiger partial charge on any atom is 0.142 e.